The smallest absolute Gasteiger partial charge is 0.342 e. The Labute approximate surface area is 219 Å². The number of rotatable bonds is 6. The van der Waals surface area contributed by atoms with Crippen LogP contribution >= 0.6 is 0 Å². The zero-order chi connectivity index (χ0) is 26.9. The van der Waals surface area contributed by atoms with Crippen LogP contribution in [-0.2, 0) is 10.3 Å². The molecule has 5 aromatic rings. The lowest BCUT2D eigenvalue weighted by atomic mass is 9.93. The van der Waals surface area contributed by atoms with Crippen molar-refractivity contribution in [2.75, 3.05) is 7.11 Å². The van der Waals surface area contributed by atoms with Gasteiger partial charge in [0.15, 0.2) is 0 Å². The van der Waals surface area contributed by atoms with Gasteiger partial charge in [-0.25, -0.2) is 13.7 Å². The summed E-state index contributed by atoms with van der Waals surface area (Å²) in [7, 11) is 1.31. The number of fused-ring (bicyclic) bond motifs is 1. The molecule has 0 unspecified atom stereocenters. The van der Waals surface area contributed by atoms with Crippen molar-refractivity contribution in [3.8, 4) is 22.4 Å². The SMILES string of the molecule is COC(=O)c1c(-c2ccc(F)cc2)nn2ccc(-c3cccc(C(=O)NC(C)(C)c4ccccc4)c3)cc12. The maximum absolute atomic E-state index is 13.5. The quantitative estimate of drug-likeness (QED) is 0.276. The lowest BCUT2D eigenvalue weighted by Crippen LogP contribution is -2.40. The maximum Gasteiger partial charge on any atom is 0.342 e. The summed E-state index contributed by atoms with van der Waals surface area (Å²) in [5, 5.41) is 7.67. The van der Waals surface area contributed by atoms with Crippen LogP contribution in [0.1, 0.15) is 40.1 Å². The number of hydrogen-bond acceptors (Lipinski definition) is 4. The number of carbonyl (C=O) groups is 2. The molecule has 0 spiro atoms. The van der Waals surface area contributed by atoms with Crippen molar-refractivity contribution in [1.82, 2.24) is 14.9 Å². The van der Waals surface area contributed by atoms with Gasteiger partial charge in [-0.15, -0.1) is 0 Å². The van der Waals surface area contributed by atoms with Crippen molar-refractivity contribution in [2.45, 2.75) is 19.4 Å². The van der Waals surface area contributed by atoms with Crippen molar-refractivity contribution in [3.63, 3.8) is 0 Å². The molecule has 0 fully saturated rings. The first-order chi connectivity index (χ1) is 18.3. The Kier molecular flexibility index (Phi) is 6.51. The van der Waals surface area contributed by atoms with Crippen LogP contribution in [-0.4, -0.2) is 28.6 Å². The Balaban J connectivity index is 1.52. The van der Waals surface area contributed by atoms with E-state index in [0.29, 0.717) is 22.3 Å². The van der Waals surface area contributed by atoms with Gasteiger partial charge < -0.3 is 10.1 Å². The monoisotopic (exact) mass is 507 g/mol. The Morgan fingerprint density at radius 3 is 2.29 bits per heavy atom. The molecule has 0 aliphatic carbocycles. The molecular weight excluding hydrogens is 481 g/mol. The third-order valence-electron chi connectivity index (χ3n) is 6.52. The molecule has 190 valence electrons. The lowest BCUT2D eigenvalue weighted by Gasteiger charge is -2.27. The molecule has 0 saturated carbocycles. The van der Waals surface area contributed by atoms with E-state index in [2.05, 4.69) is 10.4 Å². The van der Waals surface area contributed by atoms with Gasteiger partial charge in [0.2, 0.25) is 0 Å². The van der Waals surface area contributed by atoms with Crippen LogP contribution < -0.4 is 5.32 Å². The van der Waals surface area contributed by atoms with Crippen molar-refractivity contribution >= 4 is 17.4 Å². The van der Waals surface area contributed by atoms with Crippen molar-refractivity contribution < 1.29 is 18.7 Å². The van der Waals surface area contributed by atoms with Crippen LogP contribution in [0.5, 0.6) is 0 Å². The maximum atomic E-state index is 13.5. The first kappa shape index (κ1) is 24.9. The molecule has 2 heterocycles. The van der Waals surface area contributed by atoms with Gasteiger partial charge in [0.1, 0.15) is 17.1 Å². The second-order valence-electron chi connectivity index (χ2n) is 9.49. The highest BCUT2D eigenvalue weighted by Crippen LogP contribution is 2.30. The molecule has 0 saturated heterocycles. The minimum Gasteiger partial charge on any atom is -0.465 e. The van der Waals surface area contributed by atoms with Gasteiger partial charge in [-0.1, -0.05) is 42.5 Å². The molecular formula is C31H26FN3O3. The molecule has 0 aliphatic rings. The van der Waals surface area contributed by atoms with Gasteiger partial charge in [-0.05, 0) is 79.1 Å². The number of ether oxygens (including phenoxy) is 1. The summed E-state index contributed by atoms with van der Waals surface area (Å²) in [6, 6.07) is 26.6. The van der Waals surface area contributed by atoms with Gasteiger partial charge >= 0.3 is 5.97 Å². The van der Waals surface area contributed by atoms with E-state index in [0.717, 1.165) is 16.7 Å². The van der Waals surface area contributed by atoms with E-state index in [1.807, 2.05) is 74.5 Å². The molecule has 5 rings (SSSR count). The van der Waals surface area contributed by atoms with E-state index in [9.17, 15) is 14.0 Å². The summed E-state index contributed by atoms with van der Waals surface area (Å²) < 4.78 is 20.1. The zero-order valence-corrected chi connectivity index (χ0v) is 21.2. The number of benzene rings is 3. The molecule has 1 N–H and O–H groups in total. The van der Waals surface area contributed by atoms with Crippen LogP contribution in [0.15, 0.2) is 97.2 Å². The Morgan fingerprint density at radius 1 is 0.868 bits per heavy atom. The van der Waals surface area contributed by atoms with E-state index in [1.165, 1.54) is 19.2 Å². The van der Waals surface area contributed by atoms with Gasteiger partial charge in [-0.2, -0.15) is 5.10 Å². The number of halogens is 1. The number of amides is 1. The first-order valence-electron chi connectivity index (χ1n) is 12.1. The van der Waals surface area contributed by atoms with Gasteiger partial charge in [0, 0.05) is 17.3 Å². The number of methoxy groups -OCH3 is 1. The largest absolute Gasteiger partial charge is 0.465 e. The van der Waals surface area contributed by atoms with Crippen LogP contribution in [0.2, 0.25) is 0 Å². The lowest BCUT2D eigenvalue weighted by molar-refractivity contribution is 0.0603. The van der Waals surface area contributed by atoms with Crippen molar-refractivity contribution in [1.29, 1.82) is 0 Å². The molecule has 1 amide bonds. The highest BCUT2D eigenvalue weighted by molar-refractivity contribution is 6.04. The van der Waals surface area contributed by atoms with Gasteiger partial charge in [0.25, 0.3) is 5.91 Å². The fourth-order valence-electron chi connectivity index (χ4n) is 4.46. The number of carbonyl (C=O) groups excluding carboxylic acids is 2. The Morgan fingerprint density at radius 2 is 1.58 bits per heavy atom. The number of nitrogens with zero attached hydrogens (tertiary/aromatic N) is 2. The standard InChI is InChI=1S/C31H26FN3O3/c1-31(2,24-10-5-4-6-11-24)33-29(36)23-9-7-8-21(18-23)22-16-17-35-26(19-22)27(30(37)38-3)28(34-35)20-12-14-25(32)15-13-20/h4-19H,1-3H3,(H,33,36). The number of hydrogen-bond donors (Lipinski definition) is 1. The minimum absolute atomic E-state index is 0.194. The molecule has 7 heteroatoms. The van der Waals surface area contributed by atoms with Crippen LogP contribution in [0.4, 0.5) is 4.39 Å². The number of nitrogens with one attached hydrogen (secondary N) is 1. The molecule has 0 bridgehead atoms. The second kappa shape index (κ2) is 9.94. The molecule has 0 atom stereocenters. The fourth-order valence-corrected chi connectivity index (χ4v) is 4.46. The van der Waals surface area contributed by atoms with E-state index >= 15 is 0 Å². The van der Waals surface area contributed by atoms with Crippen molar-refractivity contribution in [3.05, 3.63) is 120 Å². The number of pyridine rings is 1. The van der Waals surface area contributed by atoms with Gasteiger partial charge in [0.05, 0.1) is 18.2 Å². The minimum atomic E-state index is -0.559. The first-order valence-corrected chi connectivity index (χ1v) is 12.1. The normalized spacial score (nSPS) is 11.4. The third kappa shape index (κ3) is 4.78. The summed E-state index contributed by atoms with van der Waals surface area (Å²) >= 11 is 0. The fraction of sp³-hybridized carbons (Fsp3) is 0.129. The summed E-state index contributed by atoms with van der Waals surface area (Å²) in [6.45, 7) is 3.93. The van der Waals surface area contributed by atoms with Crippen LogP contribution in [0.25, 0.3) is 27.9 Å². The summed E-state index contributed by atoms with van der Waals surface area (Å²) in [5.74, 6) is -1.12. The van der Waals surface area contributed by atoms with E-state index < -0.39 is 11.5 Å². The molecule has 2 aromatic heterocycles. The third-order valence-corrected chi connectivity index (χ3v) is 6.52. The predicted molar refractivity (Wildman–Crippen MR) is 144 cm³/mol. The van der Waals surface area contributed by atoms with E-state index in [1.54, 1.807) is 28.9 Å². The molecule has 0 radical (unpaired) electrons. The topological polar surface area (TPSA) is 72.7 Å². The molecule has 38 heavy (non-hydrogen) atoms. The van der Waals surface area contributed by atoms with Crippen molar-refractivity contribution in [2.24, 2.45) is 0 Å². The molecule has 6 nitrogen and oxygen atoms in total. The average molecular weight is 508 g/mol. The Hall–Kier alpha value is -4.78. The Bertz CT molecular complexity index is 1640. The zero-order valence-electron chi connectivity index (χ0n) is 21.2. The van der Waals surface area contributed by atoms with E-state index in [-0.39, 0.29) is 17.3 Å². The summed E-state index contributed by atoms with van der Waals surface area (Å²) in [4.78, 5) is 26.0. The summed E-state index contributed by atoms with van der Waals surface area (Å²) in [5.41, 5.74) is 4.36. The number of esters is 1. The average Bonchev–Trinajstić information content (AvgIpc) is 3.32. The predicted octanol–water partition coefficient (Wildman–Crippen LogP) is 6.26. The second-order valence-corrected chi connectivity index (χ2v) is 9.49. The number of aromatic nitrogens is 2. The highest BCUT2D eigenvalue weighted by Gasteiger charge is 2.24. The molecule has 3 aromatic carbocycles. The van der Waals surface area contributed by atoms with E-state index in [4.69, 9.17) is 4.74 Å². The molecule has 0 aliphatic heterocycles. The van der Waals surface area contributed by atoms with Gasteiger partial charge in [-0.3, -0.25) is 4.79 Å². The highest BCUT2D eigenvalue weighted by atomic mass is 19.1. The van der Waals surface area contributed by atoms with Crippen LogP contribution in [0.3, 0.4) is 0 Å². The van der Waals surface area contributed by atoms with Crippen LogP contribution in [0, 0.1) is 5.82 Å². The summed E-state index contributed by atoms with van der Waals surface area (Å²) in [6.07, 6.45) is 1.75.